The first-order chi connectivity index (χ1) is 49.3. The van der Waals surface area contributed by atoms with E-state index in [-0.39, 0.29) is 64.4 Å². The maximum absolute atomic E-state index is 10.9. The van der Waals surface area contributed by atoms with Crippen molar-refractivity contribution in [3.05, 3.63) is 194 Å². The summed E-state index contributed by atoms with van der Waals surface area (Å²) < 4.78 is 45.1. The highest BCUT2D eigenvalue weighted by Crippen LogP contribution is 2.18. The molecule has 0 amide bonds. The Kier molecular flexibility index (Phi) is 52.4. The fraction of sp³-hybridized carbons (Fsp3) is 0.423. The van der Waals surface area contributed by atoms with Gasteiger partial charge in [0, 0.05) is 45.1 Å². The number of sulfone groups is 1. The molecule has 10 rings (SSSR count). The molecule has 8 aromatic rings. The first-order valence-electron chi connectivity index (χ1n) is 33.5. The molecule has 2 aliphatic heterocycles. The van der Waals surface area contributed by atoms with Crippen LogP contribution in [0.4, 0.5) is 0 Å². The molecular weight excluding hydrogens is 1410 g/mol. The van der Waals surface area contributed by atoms with Crippen molar-refractivity contribution >= 4 is 96.6 Å². The average Bonchev–Trinajstić information content (AvgIpc) is 1.81. The second-order valence-electron chi connectivity index (χ2n) is 24.5. The van der Waals surface area contributed by atoms with Gasteiger partial charge in [-0.15, -0.1) is 11.3 Å². The summed E-state index contributed by atoms with van der Waals surface area (Å²) in [6, 6.07) is 26.2. The largest absolute Gasteiger partial charge is 0.472 e. The number of piperidine rings is 2. The van der Waals surface area contributed by atoms with Gasteiger partial charge >= 0.3 is 5.97 Å². The first-order valence-corrected chi connectivity index (χ1v) is 37.3. The molecule has 2 aromatic carbocycles. The quantitative estimate of drug-likeness (QED) is 0.0446. The maximum Gasteiger partial charge on any atom is 0.303 e. The lowest BCUT2D eigenvalue weighted by atomic mass is 9.94. The van der Waals surface area contributed by atoms with Gasteiger partial charge in [-0.3, -0.25) is 47.9 Å². The Labute approximate surface area is 626 Å². The Morgan fingerprint density at radius 1 is 0.695 bits per heavy atom. The number of ketones is 9. The van der Waals surface area contributed by atoms with E-state index >= 15 is 0 Å². The van der Waals surface area contributed by atoms with Crippen molar-refractivity contribution in [1.82, 2.24) is 26.1 Å². The number of aryl methyl sites for hydroxylation is 3. The van der Waals surface area contributed by atoms with Crippen LogP contribution in [0.5, 0.6) is 0 Å². The number of ether oxygens (including phenoxy) is 1. The molecule has 105 heavy (non-hydrogen) atoms. The van der Waals surface area contributed by atoms with Crippen LogP contribution >= 0.6 is 22.7 Å². The van der Waals surface area contributed by atoms with Crippen LogP contribution in [0.2, 0.25) is 0 Å². The zero-order valence-electron chi connectivity index (χ0n) is 63.8. The van der Waals surface area contributed by atoms with E-state index in [1.165, 1.54) is 136 Å². The molecule has 2 aliphatic rings. The van der Waals surface area contributed by atoms with Gasteiger partial charge in [-0.1, -0.05) is 95.4 Å². The Balaban J connectivity index is 0. The van der Waals surface area contributed by atoms with Crippen LogP contribution < -0.4 is 10.6 Å². The van der Waals surface area contributed by atoms with E-state index in [9.17, 15) is 61.5 Å². The highest BCUT2D eigenvalue weighted by atomic mass is 32.2. The molecule has 1 atom stereocenters. The van der Waals surface area contributed by atoms with Gasteiger partial charge in [-0.05, 0) is 211 Å². The number of nitrogens with one attached hydrogen (secondary N) is 2. The van der Waals surface area contributed by atoms with Crippen LogP contribution in [0.1, 0.15) is 221 Å². The number of rotatable bonds is 14. The molecule has 6 aromatic heterocycles. The minimum atomic E-state index is -3.02. The number of furan rings is 1. The second-order valence-corrected chi connectivity index (χ2v) is 28.2. The number of carbonyl (C=O) groups excluding carboxylic acids is 10. The number of hydrogen-bond acceptors (Lipinski definition) is 26. The lowest BCUT2D eigenvalue weighted by Crippen LogP contribution is -2.30. The number of allylic oxidation sites excluding steroid dienone is 1. The molecule has 2 fully saturated rings. The minimum absolute atomic E-state index is 0.00579. The normalized spacial score (nSPS) is 12.2. The summed E-state index contributed by atoms with van der Waals surface area (Å²) in [6.45, 7) is 32.2. The molecule has 0 saturated carbocycles. The van der Waals surface area contributed by atoms with Crippen LogP contribution in [-0.4, -0.2) is 137 Å². The van der Waals surface area contributed by atoms with Gasteiger partial charge in [0.1, 0.15) is 47.6 Å². The molecule has 4 N–H and O–H groups in total. The Morgan fingerprint density at radius 3 is 1.58 bits per heavy atom. The number of aliphatic hydroxyl groups is 2. The molecule has 24 nitrogen and oxygen atoms in total. The van der Waals surface area contributed by atoms with E-state index < -0.39 is 15.9 Å². The van der Waals surface area contributed by atoms with Crippen molar-refractivity contribution in [2.24, 2.45) is 11.8 Å². The van der Waals surface area contributed by atoms with Crippen molar-refractivity contribution in [1.29, 1.82) is 0 Å². The molecule has 1 unspecified atom stereocenters. The Morgan fingerprint density at radius 2 is 1.29 bits per heavy atom. The molecule has 27 heteroatoms. The van der Waals surface area contributed by atoms with Gasteiger partial charge in [0.2, 0.25) is 5.76 Å². The second kappa shape index (κ2) is 56.2. The lowest BCUT2D eigenvalue weighted by Gasteiger charge is -2.21. The minimum Gasteiger partial charge on any atom is -0.472 e. The van der Waals surface area contributed by atoms with Crippen molar-refractivity contribution in [2.75, 3.05) is 39.0 Å². The molecule has 8 heterocycles. The van der Waals surface area contributed by atoms with E-state index in [0.717, 1.165) is 47.9 Å². The van der Waals surface area contributed by atoms with E-state index in [4.69, 9.17) is 9.84 Å². The third-order valence-electron chi connectivity index (χ3n) is 13.4. The van der Waals surface area contributed by atoms with Gasteiger partial charge in [-0.25, -0.2) is 8.42 Å². The summed E-state index contributed by atoms with van der Waals surface area (Å²) in [4.78, 5) is 105. The summed E-state index contributed by atoms with van der Waals surface area (Å²) >= 11 is 3.11. The Bertz CT molecular complexity index is 3750. The predicted octanol–water partition coefficient (Wildman–Crippen LogP) is 15.0. The molecular formula is C78H107N5O19S3. The number of benzene rings is 2. The van der Waals surface area contributed by atoms with E-state index in [0.29, 0.717) is 56.3 Å². The van der Waals surface area contributed by atoms with E-state index in [2.05, 4.69) is 51.0 Å². The van der Waals surface area contributed by atoms with Crippen LogP contribution in [0.3, 0.4) is 0 Å². The van der Waals surface area contributed by atoms with Crippen LogP contribution in [-0.2, 0) is 38.5 Å². The molecule has 2 saturated heterocycles. The summed E-state index contributed by atoms with van der Waals surface area (Å²) in [5, 5.41) is 39.8. The van der Waals surface area contributed by atoms with E-state index in [1.807, 2.05) is 74.2 Å². The van der Waals surface area contributed by atoms with Crippen LogP contribution in [0.25, 0.3) is 6.08 Å². The highest BCUT2D eigenvalue weighted by Gasteiger charge is 2.17. The van der Waals surface area contributed by atoms with Crippen molar-refractivity contribution in [2.45, 2.75) is 173 Å². The summed E-state index contributed by atoms with van der Waals surface area (Å²) in [5.41, 5.74) is 4.08. The number of nitrogens with zero attached hydrogens (tertiary/aromatic N) is 3. The fourth-order valence-corrected chi connectivity index (χ4v) is 9.87. The molecule has 576 valence electrons. The fourth-order valence-electron chi connectivity index (χ4n) is 7.99. The average molecular weight is 1510 g/mol. The number of thiophene rings is 2. The maximum atomic E-state index is 10.9. The number of Topliss-reactive ketones (excluding diaryl/α,β-unsaturated/α-hetero) is 8. The van der Waals surface area contributed by atoms with Crippen molar-refractivity contribution < 1.29 is 89.3 Å². The number of aromatic nitrogens is 3. The zero-order chi connectivity index (χ0) is 80.1. The SMILES string of the molecule is CC(=O)/C=C/c1ccsc1.CC(=O)C(O)c1ccccc1.CC(=O)C1CCNCC1.CC(=O)CO.CC(=O)OC(C)(C)C.CC(=O)c1cc(C)on1.CC(=O)c1cccs1.CC(=O)c1ccno1.CC(=O)c1ccoc1.CC(=O)c1cnoc1C.CCCC1CCNCC1.Cc1ccc(S(C)(=O)=O)cc1. The lowest BCUT2D eigenvalue weighted by molar-refractivity contribution is -0.152. The first kappa shape index (κ1) is 97.8. The van der Waals surface area contributed by atoms with Gasteiger partial charge in [0.25, 0.3) is 0 Å². The molecule has 0 spiro atoms. The third kappa shape index (κ3) is 52.4. The van der Waals surface area contributed by atoms with Crippen molar-refractivity contribution in [3.8, 4) is 0 Å². The van der Waals surface area contributed by atoms with E-state index in [1.54, 1.807) is 113 Å². The smallest absolute Gasteiger partial charge is 0.303 e. The zero-order valence-corrected chi connectivity index (χ0v) is 66.2. The summed E-state index contributed by atoms with van der Waals surface area (Å²) in [5.74, 6) is 2.79. The standard InChI is InChI=1S/C9H10O2.C8H17N.C8H10O2S.C8H8OS.C7H13NO.2C6H7NO2.C6H6O2.C6H12O2.C6H6OS.C5H5NO2.C3H6O2/c1-7(10)9(11)8-5-3-2-4-6-8;1-2-3-8-4-6-9-7-5-8;1-7-3-5-8(6-4-7)11(2,9)10;1-7(9)2-3-8-4-5-10-6-8;1-6(9)7-2-4-8-5-3-7;1-4(8)6-3-7-9-5(6)2;1-4-3-6(5(2)8)7-9-4;1-5(7)6-2-3-8-4-6;1-5(7)8-6(2,3)4;1-5(7)6-3-2-4-8-6;1-4(7)5-2-3-6-8-5;1-3(5)2-4/h2-6,9,11H,1H3;8-9H,2-7H2,1H3;3-6H,1-2H3;2-6H,1H3;7-8H,2-5H2,1H3;2*3H,1-2H3;2-4H,1H3;1-4H3;2-4H,1H3;2-3H,1H3;4H,2H2,1H3/b;;;3-2+;;;;;;;;. The number of hydrogen-bond donors (Lipinski definition) is 4. The monoisotopic (exact) mass is 1510 g/mol. The number of carbonyl (C=O) groups is 10. The molecule has 0 bridgehead atoms. The molecule has 0 aliphatic carbocycles. The van der Waals surface area contributed by atoms with Gasteiger partial charge in [-0.2, -0.15) is 11.3 Å². The number of esters is 1. The summed E-state index contributed by atoms with van der Waals surface area (Å²) in [6.07, 6.45) is 17.1. The van der Waals surface area contributed by atoms with Crippen LogP contribution in [0.15, 0.2) is 161 Å². The number of aliphatic hydroxyl groups excluding tert-OH is 2. The Hall–Kier alpha value is -9.22. The third-order valence-corrected chi connectivity index (χ3v) is 16.2. The van der Waals surface area contributed by atoms with Gasteiger partial charge in [0.05, 0.1) is 39.6 Å². The summed E-state index contributed by atoms with van der Waals surface area (Å²) in [7, 11) is -3.02. The molecule has 0 radical (unpaired) electrons. The predicted molar refractivity (Wildman–Crippen MR) is 409 cm³/mol. The van der Waals surface area contributed by atoms with Crippen molar-refractivity contribution in [3.63, 3.8) is 0 Å². The van der Waals surface area contributed by atoms with Gasteiger partial charge < -0.3 is 43.6 Å². The topological polar surface area (TPSA) is 370 Å². The highest BCUT2D eigenvalue weighted by molar-refractivity contribution is 7.90. The van der Waals surface area contributed by atoms with Crippen LogP contribution in [0, 0.1) is 32.6 Å². The van der Waals surface area contributed by atoms with Gasteiger partial charge in [0.15, 0.2) is 56.1 Å².